The van der Waals surface area contributed by atoms with Gasteiger partial charge in [0, 0.05) is 29.9 Å². The maximum atomic E-state index is 12.4. The van der Waals surface area contributed by atoms with Crippen LogP contribution in [0.4, 0.5) is 5.69 Å². The van der Waals surface area contributed by atoms with Gasteiger partial charge in [0.15, 0.2) is 5.78 Å². The lowest BCUT2D eigenvalue weighted by atomic mass is 9.86. The molecule has 0 radical (unpaired) electrons. The average Bonchev–Trinajstić information content (AvgIpc) is 3.24. The number of carbonyl (C=O) groups excluding carboxylic acids is 2. The Hall–Kier alpha value is -2.25. The van der Waals surface area contributed by atoms with Crippen molar-refractivity contribution < 1.29 is 19.4 Å². The van der Waals surface area contributed by atoms with Gasteiger partial charge in [0.2, 0.25) is 0 Å². The van der Waals surface area contributed by atoms with E-state index in [9.17, 15) is 14.7 Å². The molecule has 0 amide bonds. The third-order valence-electron chi connectivity index (χ3n) is 3.78. The number of hydrogen-bond acceptors (Lipinski definition) is 7. The van der Waals surface area contributed by atoms with Crippen molar-refractivity contribution in [2.24, 2.45) is 4.99 Å². The maximum Gasteiger partial charge on any atom is 0.350 e. The third-order valence-corrected chi connectivity index (χ3v) is 5.69. The van der Waals surface area contributed by atoms with Gasteiger partial charge in [-0.15, -0.1) is 22.7 Å². The van der Waals surface area contributed by atoms with E-state index < -0.39 is 5.97 Å². The van der Waals surface area contributed by atoms with Crippen LogP contribution < -0.4 is 0 Å². The minimum atomic E-state index is -0.469. The van der Waals surface area contributed by atoms with E-state index in [4.69, 9.17) is 4.74 Å². The SMILES string of the molecule is COC(=O)c1sccc1N=CC1=C(O)CC(c2cccs2)CC1=O. The van der Waals surface area contributed by atoms with Crippen molar-refractivity contribution in [2.75, 3.05) is 7.11 Å². The Balaban J connectivity index is 1.82. The maximum absolute atomic E-state index is 12.4. The summed E-state index contributed by atoms with van der Waals surface area (Å²) in [5.41, 5.74) is 0.644. The average molecular weight is 361 g/mol. The number of aliphatic hydroxyl groups excluding tert-OH is 1. The van der Waals surface area contributed by atoms with Gasteiger partial charge in [0.25, 0.3) is 0 Å². The lowest BCUT2D eigenvalue weighted by Gasteiger charge is -2.20. The molecule has 2 heterocycles. The van der Waals surface area contributed by atoms with Crippen molar-refractivity contribution in [3.8, 4) is 0 Å². The van der Waals surface area contributed by atoms with E-state index in [1.807, 2.05) is 17.5 Å². The molecular weight excluding hydrogens is 346 g/mol. The molecule has 1 N–H and O–H groups in total. The fraction of sp³-hybridized carbons (Fsp3) is 0.235. The topological polar surface area (TPSA) is 76.0 Å². The molecule has 0 fully saturated rings. The summed E-state index contributed by atoms with van der Waals surface area (Å²) in [6, 6.07) is 5.59. The quantitative estimate of drug-likeness (QED) is 0.652. The zero-order valence-electron chi connectivity index (χ0n) is 12.9. The Labute approximate surface area is 146 Å². The summed E-state index contributed by atoms with van der Waals surface area (Å²) in [5, 5.41) is 13.9. The number of rotatable bonds is 4. The number of hydrogen-bond donors (Lipinski definition) is 1. The highest BCUT2D eigenvalue weighted by molar-refractivity contribution is 7.12. The summed E-state index contributed by atoms with van der Waals surface area (Å²) in [5.74, 6) is -0.552. The first-order valence-electron chi connectivity index (χ1n) is 7.28. The van der Waals surface area contributed by atoms with E-state index in [1.165, 1.54) is 24.7 Å². The van der Waals surface area contributed by atoms with Gasteiger partial charge in [0.1, 0.15) is 10.6 Å². The van der Waals surface area contributed by atoms with Crippen molar-refractivity contribution in [3.63, 3.8) is 0 Å². The van der Waals surface area contributed by atoms with Crippen LogP contribution in [0.2, 0.25) is 0 Å². The van der Waals surface area contributed by atoms with Crippen LogP contribution >= 0.6 is 22.7 Å². The molecule has 0 aromatic carbocycles. The van der Waals surface area contributed by atoms with Gasteiger partial charge in [-0.1, -0.05) is 6.07 Å². The highest BCUT2D eigenvalue weighted by Gasteiger charge is 2.28. The number of aliphatic hydroxyl groups is 1. The van der Waals surface area contributed by atoms with E-state index in [-0.39, 0.29) is 23.0 Å². The minimum Gasteiger partial charge on any atom is -0.511 e. The Bertz CT molecular complexity index is 818. The first-order chi connectivity index (χ1) is 11.6. The Morgan fingerprint density at radius 2 is 2.17 bits per heavy atom. The predicted octanol–water partition coefficient (Wildman–Crippen LogP) is 4.26. The minimum absolute atomic E-state index is 0.0152. The van der Waals surface area contributed by atoms with Crippen molar-refractivity contribution in [2.45, 2.75) is 18.8 Å². The molecule has 0 saturated carbocycles. The van der Waals surface area contributed by atoms with Crippen molar-refractivity contribution >= 4 is 46.3 Å². The van der Waals surface area contributed by atoms with Gasteiger partial charge in [0.05, 0.1) is 18.4 Å². The van der Waals surface area contributed by atoms with Gasteiger partial charge in [-0.05, 0) is 22.9 Å². The fourth-order valence-electron chi connectivity index (χ4n) is 2.57. The molecule has 3 rings (SSSR count). The van der Waals surface area contributed by atoms with Gasteiger partial charge in [-0.25, -0.2) is 4.79 Å². The molecule has 1 aliphatic rings. The number of ketones is 1. The number of aliphatic imine (C=N–C) groups is 1. The highest BCUT2D eigenvalue weighted by atomic mass is 32.1. The number of thiophene rings is 2. The second kappa shape index (κ2) is 7.11. The van der Waals surface area contributed by atoms with Gasteiger partial charge in [-0.2, -0.15) is 0 Å². The largest absolute Gasteiger partial charge is 0.511 e. The number of nitrogens with zero attached hydrogens (tertiary/aromatic N) is 1. The zero-order chi connectivity index (χ0) is 17.1. The van der Waals surface area contributed by atoms with Crippen LogP contribution in [0.15, 0.2) is 45.3 Å². The molecule has 2 aromatic heterocycles. The smallest absolute Gasteiger partial charge is 0.350 e. The number of allylic oxidation sites excluding steroid dienone is 2. The van der Waals surface area contributed by atoms with Crippen LogP contribution in [0.25, 0.3) is 0 Å². The molecule has 0 spiro atoms. The molecule has 24 heavy (non-hydrogen) atoms. The lowest BCUT2D eigenvalue weighted by molar-refractivity contribution is -0.116. The lowest BCUT2D eigenvalue weighted by Crippen LogP contribution is -2.18. The Morgan fingerprint density at radius 1 is 1.33 bits per heavy atom. The van der Waals surface area contributed by atoms with Crippen LogP contribution in [-0.4, -0.2) is 30.2 Å². The van der Waals surface area contributed by atoms with E-state index in [2.05, 4.69) is 4.99 Å². The second-order valence-electron chi connectivity index (χ2n) is 5.29. The molecule has 124 valence electrons. The Morgan fingerprint density at radius 3 is 2.83 bits per heavy atom. The molecule has 1 atom stereocenters. The first-order valence-corrected chi connectivity index (χ1v) is 9.04. The summed E-state index contributed by atoms with van der Waals surface area (Å²) in [4.78, 5) is 29.6. The van der Waals surface area contributed by atoms with Crippen LogP contribution in [0.3, 0.4) is 0 Å². The molecule has 0 bridgehead atoms. The van der Waals surface area contributed by atoms with Crippen LogP contribution in [0.5, 0.6) is 0 Å². The van der Waals surface area contributed by atoms with E-state index in [0.717, 1.165) is 4.88 Å². The predicted molar refractivity (Wildman–Crippen MR) is 94.8 cm³/mol. The number of carbonyl (C=O) groups is 2. The first kappa shape index (κ1) is 16.6. The molecule has 2 aromatic rings. The summed E-state index contributed by atoms with van der Waals surface area (Å²) >= 11 is 2.80. The highest BCUT2D eigenvalue weighted by Crippen LogP contribution is 2.35. The third kappa shape index (κ3) is 3.32. The monoisotopic (exact) mass is 361 g/mol. The van der Waals surface area contributed by atoms with E-state index in [0.29, 0.717) is 23.4 Å². The van der Waals surface area contributed by atoms with Crippen molar-refractivity contribution in [1.29, 1.82) is 0 Å². The van der Waals surface area contributed by atoms with E-state index >= 15 is 0 Å². The summed E-state index contributed by atoms with van der Waals surface area (Å²) in [7, 11) is 1.30. The fourth-order valence-corrected chi connectivity index (χ4v) is 4.15. The van der Waals surface area contributed by atoms with Gasteiger partial charge in [-0.3, -0.25) is 9.79 Å². The molecule has 0 aliphatic heterocycles. The summed E-state index contributed by atoms with van der Waals surface area (Å²) in [6.45, 7) is 0. The van der Waals surface area contributed by atoms with Crippen LogP contribution in [-0.2, 0) is 9.53 Å². The van der Waals surface area contributed by atoms with Crippen molar-refractivity contribution in [3.05, 3.63) is 50.0 Å². The standard InChI is InChI=1S/C17H15NO4S2/c1-22-17(21)16-12(4-6-24-16)18-9-11-13(19)7-10(8-14(11)20)15-3-2-5-23-15/h2-6,9-10,19H,7-8H2,1H3. The molecule has 1 unspecified atom stereocenters. The zero-order valence-corrected chi connectivity index (χ0v) is 14.5. The van der Waals surface area contributed by atoms with Gasteiger partial charge < -0.3 is 9.84 Å². The molecule has 0 saturated heterocycles. The second-order valence-corrected chi connectivity index (χ2v) is 7.18. The number of ether oxygens (including phenoxy) is 1. The molecular formula is C17H15NO4S2. The molecule has 7 heteroatoms. The normalized spacial score (nSPS) is 18.4. The van der Waals surface area contributed by atoms with Gasteiger partial charge >= 0.3 is 5.97 Å². The van der Waals surface area contributed by atoms with E-state index in [1.54, 1.807) is 22.8 Å². The number of methoxy groups -OCH3 is 1. The van der Waals surface area contributed by atoms with Crippen LogP contribution in [0, 0.1) is 0 Å². The number of esters is 1. The molecule has 5 nitrogen and oxygen atoms in total. The Kier molecular flexibility index (Phi) is 4.92. The summed E-state index contributed by atoms with van der Waals surface area (Å²) in [6.07, 6.45) is 2.11. The summed E-state index contributed by atoms with van der Waals surface area (Å²) < 4.78 is 4.70. The van der Waals surface area contributed by atoms with Crippen LogP contribution in [0.1, 0.15) is 33.3 Å². The number of Topliss-reactive ketones (excluding diaryl/α,β-unsaturated/α-hetero) is 1. The van der Waals surface area contributed by atoms with Crippen molar-refractivity contribution in [1.82, 2.24) is 0 Å². The molecule has 1 aliphatic carbocycles.